The van der Waals surface area contributed by atoms with E-state index in [1.54, 1.807) is 29.9 Å². The molecule has 0 unspecified atom stereocenters. The van der Waals surface area contributed by atoms with Crippen molar-refractivity contribution in [1.29, 1.82) is 0 Å². The van der Waals surface area contributed by atoms with Gasteiger partial charge in [-0.2, -0.15) is 5.10 Å². The maximum Gasteiger partial charge on any atom is 0.263 e. The number of nitrogens with zero attached hydrogens (tertiary/aromatic N) is 2. The van der Waals surface area contributed by atoms with Gasteiger partial charge in [-0.05, 0) is 24.1 Å². The highest BCUT2D eigenvalue weighted by Crippen LogP contribution is 2.25. The van der Waals surface area contributed by atoms with Crippen LogP contribution in [0.5, 0.6) is 0 Å². The molecule has 0 aliphatic rings. The molecule has 0 saturated heterocycles. The van der Waals surface area contributed by atoms with Crippen LogP contribution in [0.4, 0.5) is 5.82 Å². The normalized spacial score (nSPS) is 12.4. The van der Waals surface area contributed by atoms with Crippen LogP contribution in [-0.4, -0.2) is 18.2 Å². The molecule has 0 atom stereocenters. The summed E-state index contributed by atoms with van der Waals surface area (Å²) in [4.78, 5) is 0.253. The smallest absolute Gasteiger partial charge is 0.263 e. The van der Waals surface area contributed by atoms with Gasteiger partial charge in [-0.1, -0.05) is 39.8 Å². The molecule has 1 N–H and O–H groups in total. The van der Waals surface area contributed by atoms with Crippen molar-refractivity contribution < 1.29 is 8.42 Å². The van der Waals surface area contributed by atoms with Crippen molar-refractivity contribution in [2.24, 2.45) is 7.05 Å². The Morgan fingerprint density at radius 2 is 1.77 bits per heavy atom. The first kappa shape index (κ1) is 16.5. The van der Waals surface area contributed by atoms with Crippen LogP contribution < -0.4 is 4.72 Å². The van der Waals surface area contributed by atoms with E-state index in [4.69, 9.17) is 0 Å². The predicted octanol–water partition coefficient (Wildman–Crippen LogP) is 3.08. The molecule has 2 rings (SSSR count). The molecular weight excluding hydrogens is 298 g/mol. The van der Waals surface area contributed by atoms with E-state index < -0.39 is 10.0 Å². The van der Waals surface area contributed by atoms with E-state index >= 15 is 0 Å². The van der Waals surface area contributed by atoms with Gasteiger partial charge in [-0.3, -0.25) is 9.40 Å². The molecule has 120 valence electrons. The predicted molar refractivity (Wildman–Crippen MR) is 88.5 cm³/mol. The Labute approximate surface area is 132 Å². The zero-order valence-electron chi connectivity index (χ0n) is 13.7. The maximum atomic E-state index is 12.5. The van der Waals surface area contributed by atoms with Gasteiger partial charge < -0.3 is 0 Å². The highest BCUT2D eigenvalue weighted by Gasteiger charge is 2.22. The molecule has 22 heavy (non-hydrogen) atoms. The molecular formula is C16H23N3O2S. The summed E-state index contributed by atoms with van der Waals surface area (Å²) >= 11 is 0. The van der Waals surface area contributed by atoms with E-state index in [-0.39, 0.29) is 10.3 Å². The van der Waals surface area contributed by atoms with Crippen LogP contribution in [0, 0.1) is 0 Å². The molecule has 1 aromatic carbocycles. The number of sulfonamides is 1. The van der Waals surface area contributed by atoms with E-state index in [1.165, 1.54) is 0 Å². The van der Waals surface area contributed by atoms with Gasteiger partial charge in [-0.15, -0.1) is 0 Å². The highest BCUT2D eigenvalue weighted by molar-refractivity contribution is 7.92. The summed E-state index contributed by atoms with van der Waals surface area (Å²) in [5.74, 6) is 0.462. The Morgan fingerprint density at radius 3 is 2.23 bits per heavy atom. The van der Waals surface area contributed by atoms with Gasteiger partial charge >= 0.3 is 0 Å². The minimum atomic E-state index is -3.60. The average Bonchev–Trinajstić information content (AvgIpc) is 2.80. The molecule has 0 spiro atoms. The van der Waals surface area contributed by atoms with Crippen molar-refractivity contribution in [3.63, 3.8) is 0 Å². The molecule has 0 saturated carbocycles. The lowest BCUT2D eigenvalue weighted by atomic mass is 9.92. The van der Waals surface area contributed by atoms with Gasteiger partial charge in [0.15, 0.2) is 0 Å². The van der Waals surface area contributed by atoms with Crippen molar-refractivity contribution >= 4 is 15.8 Å². The largest absolute Gasteiger partial charge is 0.264 e. The number of hydrogen-bond donors (Lipinski definition) is 1. The van der Waals surface area contributed by atoms with Crippen LogP contribution in [-0.2, 0) is 28.9 Å². The zero-order chi connectivity index (χ0) is 16.5. The third kappa shape index (κ3) is 3.50. The lowest BCUT2D eigenvalue weighted by molar-refractivity contribution is 0.553. The number of anilines is 1. The quantitative estimate of drug-likeness (QED) is 0.941. The third-order valence-electron chi connectivity index (χ3n) is 3.53. The van der Waals surface area contributed by atoms with Crippen LogP contribution in [0.2, 0.25) is 0 Å². The summed E-state index contributed by atoms with van der Waals surface area (Å²) in [6.07, 6.45) is 0.879. The number of aromatic nitrogens is 2. The number of benzene rings is 1. The standard InChI is InChI=1S/C16H23N3O2S/c1-6-12-7-9-13(10-8-12)22(20,21)18-15-11-14(16(2,3)4)17-19(15)5/h7-11,18H,6H2,1-5H3. The Kier molecular flexibility index (Phi) is 4.33. The molecule has 2 aromatic rings. The lowest BCUT2D eigenvalue weighted by Gasteiger charge is -2.13. The van der Waals surface area contributed by atoms with E-state index in [0.717, 1.165) is 17.7 Å². The molecule has 0 aliphatic carbocycles. The number of aryl methyl sites for hydroxylation is 2. The fraction of sp³-hybridized carbons (Fsp3) is 0.438. The first-order valence-corrected chi connectivity index (χ1v) is 8.78. The summed E-state index contributed by atoms with van der Waals surface area (Å²) in [5.41, 5.74) is 1.81. The van der Waals surface area contributed by atoms with Crippen LogP contribution >= 0.6 is 0 Å². The van der Waals surface area contributed by atoms with Crippen molar-refractivity contribution in [3.05, 3.63) is 41.6 Å². The third-order valence-corrected chi connectivity index (χ3v) is 4.90. The Morgan fingerprint density at radius 1 is 1.18 bits per heavy atom. The first-order chi connectivity index (χ1) is 10.1. The first-order valence-electron chi connectivity index (χ1n) is 7.30. The maximum absolute atomic E-state index is 12.5. The van der Waals surface area contributed by atoms with Gasteiger partial charge in [-0.25, -0.2) is 8.42 Å². The van der Waals surface area contributed by atoms with Crippen LogP contribution in [0.3, 0.4) is 0 Å². The summed E-state index contributed by atoms with van der Waals surface area (Å²) < 4.78 is 29.1. The van der Waals surface area contributed by atoms with Crippen molar-refractivity contribution in [2.45, 2.75) is 44.4 Å². The number of rotatable bonds is 4. The summed E-state index contributed by atoms with van der Waals surface area (Å²) in [7, 11) is -1.87. The SMILES string of the molecule is CCc1ccc(S(=O)(=O)Nc2cc(C(C)(C)C)nn2C)cc1. The lowest BCUT2D eigenvalue weighted by Crippen LogP contribution is -2.15. The summed E-state index contributed by atoms with van der Waals surface area (Å²) in [6, 6.07) is 8.69. The minimum absolute atomic E-state index is 0.135. The second kappa shape index (κ2) is 5.76. The molecule has 0 radical (unpaired) electrons. The van der Waals surface area contributed by atoms with Crippen LogP contribution in [0.15, 0.2) is 35.2 Å². The number of hydrogen-bond acceptors (Lipinski definition) is 3. The summed E-state index contributed by atoms with van der Waals surface area (Å²) in [5, 5.41) is 4.38. The van der Waals surface area contributed by atoms with Gasteiger partial charge in [0.1, 0.15) is 5.82 Å². The Hall–Kier alpha value is -1.82. The van der Waals surface area contributed by atoms with Gasteiger partial charge in [0.05, 0.1) is 10.6 Å². The second-order valence-electron chi connectivity index (χ2n) is 6.39. The van der Waals surface area contributed by atoms with Crippen molar-refractivity contribution in [3.8, 4) is 0 Å². The van der Waals surface area contributed by atoms with E-state index in [9.17, 15) is 8.42 Å². The Bertz CT molecular complexity index is 754. The van der Waals surface area contributed by atoms with E-state index in [2.05, 4.69) is 9.82 Å². The molecule has 1 aromatic heterocycles. The molecule has 0 aliphatic heterocycles. The highest BCUT2D eigenvalue weighted by atomic mass is 32.2. The van der Waals surface area contributed by atoms with Gasteiger partial charge in [0.25, 0.3) is 10.0 Å². The number of nitrogens with one attached hydrogen (secondary N) is 1. The fourth-order valence-electron chi connectivity index (χ4n) is 2.03. The van der Waals surface area contributed by atoms with Gasteiger partial charge in [0, 0.05) is 18.5 Å². The topological polar surface area (TPSA) is 64.0 Å². The molecule has 0 fully saturated rings. The molecule has 0 bridgehead atoms. The second-order valence-corrected chi connectivity index (χ2v) is 8.07. The molecule has 6 heteroatoms. The van der Waals surface area contributed by atoms with E-state index in [0.29, 0.717) is 5.82 Å². The van der Waals surface area contributed by atoms with Crippen LogP contribution in [0.1, 0.15) is 39.0 Å². The molecule has 5 nitrogen and oxygen atoms in total. The van der Waals surface area contributed by atoms with Gasteiger partial charge in [0.2, 0.25) is 0 Å². The van der Waals surface area contributed by atoms with Crippen LogP contribution in [0.25, 0.3) is 0 Å². The van der Waals surface area contributed by atoms with Crippen molar-refractivity contribution in [1.82, 2.24) is 9.78 Å². The van der Waals surface area contributed by atoms with Crippen molar-refractivity contribution in [2.75, 3.05) is 4.72 Å². The minimum Gasteiger partial charge on any atom is -0.264 e. The Balaban J connectivity index is 2.30. The summed E-state index contributed by atoms with van der Waals surface area (Å²) in [6.45, 7) is 8.15. The van der Waals surface area contributed by atoms with E-state index in [1.807, 2.05) is 39.8 Å². The molecule has 0 amide bonds. The fourth-order valence-corrected chi connectivity index (χ4v) is 3.11. The molecule has 1 heterocycles. The zero-order valence-corrected chi connectivity index (χ0v) is 14.5. The monoisotopic (exact) mass is 321 g/mol. The average molecular weight is 321 g/mol.